The van der Waals surface area contributed by atoms with Crippen molar-refractivity contribution in [1.29, 1.82) is 0 Å². The van der Waals surface area contributed by atoms with Gasteiger partial charge in [-0.3, -0.25) is 9.79 Å². The van der Waals surface area contributed by atoms with Gasteiger partial charge in [0.1, 0.15) is 5.92 Å². The van der Waals surface area contributed by atoms with Crippen LogP contribution in [0.25, 0.3) is 0 Å². The fraction of sp³-hybridized carbons (Fsp3) is 0.389. The van der Waals surface area contributed by atoms with Crippen molar-refractivity contribution in [3.63, 3.8) is 0 Å². The molecule has 2 atom stereocenters. The molecule has 0 aromatic heterocycles. The van der Waals surface area contributed by atoms with Crippen LogP contribution < -0.4 is 0 Å². The number of aliphatic imine (C=N–C) groups is 1. The van der Waals surface area contributed by atoms with E-state index in [2.05, 4.69) is 4.99 Å². The van der Waals surface area contributed by atoms with Crippen LogP contribution in [0, 0.1) is 5.92 Å². The van der Waals surface area contributed by atoms with Crippen molar-refractivity contribution in [2.75, 3.05) is 0 Å². The van der Waals surface area contributed by atoms with Gasteiger partial charge in [-0.15, -0.1) is 0 Å². The normalized spacial score (nSPS) is 20.8. The van der Waals surface area contributed by atoms with Crippen molar-refractivity contribution in [1.82, 2.24) is 0 Å². The summed E-state index contributed by atoms with van der Waals surface area (Å²) < 4.78 is 5.31. The summed E-state index contributed by atoms with van der Waals surface area (Å²) in [6, 6.07) is 6.88. The minimum absolute atomic E-state index is 0.268. The van der Waals surface area contributed by atoms with Crippen LogP contribution in [0.15, 0.2) is 40.5 Å². The van der Waals surface area contributed by atoms with Gasteiger partial charge in [-0.25, -0.2) is 4.79 Å². The van der Waals surface area contributed by atoms with Gasteiger partial charge in [-0.05, 0) is 45.4 Å². The summed E-state index contributed by atoms with van der Waals surface area (Å²) in [7, 11) is 0. The smallest absolute Gasteiger partial charge is 0.336 e. The van der Waals surface area contributed by atoms with E-state index in [0.717, 1.165) is 0 Å². The fourth-order valence-electron chi connectivity index (χ4n) is 2.96. The summed E-state index contributed by atoms with van der Waals surface area (Å²) in [6.07, 6.45) is -0.312. The van der Waals surface area contributed by atoms with Crippen LogP contribution in [-0.2, 0) is 14.3 Å². The summed E-state index contributed by atoms with van der Waals surface area (Å²) in [4.78, 5) is 28.7. The van der Waals surface area contributed by atoms with Crippen LogP contribution >= 0.6 is 11.6 Å². The van der Waals surface area contributed by atoms with Crippen LogP contribution in [0.4, 0.5) is 0 Å². The minimum atomic E-state index is -1.04. The molecule has 0 spiro atoms. The Morgan fingerprint density at radius 2 is 1.96 bits per heavy atom. The second-order valence-corrected chi connectivity index (χ2v) is 6.49. The number of halogens is 1. The Morgan fingerprint density at radius 3 is 2.50 bits per heavy atom. The number of aliphatic carboxylic acids is 1. The SMILES string of the molecule is CC1=NC(C)=C(C(=O)OC(C)C)C(c2cccc(Cl)c2)C1C(=O)O. The molecule has 128 valence electrons. The van der Waals surface area contributed by atoms with Gasteiger partial charge < -0.3 is 9.84 Å². The molecule has 0 saturated carbocycles. The third-order valence-corrected chi connectivity index (χ3v) is 4.10. The lowest BCUT2D eigenvalue weighted by Gasteiger charge is -2.30. The third-order valence-electron chi connectivity index (χ3n) is 3.86. The van der Waals surface area contributed by atoms with Gasteiger partial charge in [-0.1, -0.05) is 23.7 Å². The highest BCUT2D eigenvalue weighted by Crippen LogP contribution is 2.40. The largest absolute Gasteiger partial charge is 0.481 e. The number of carbonyl (C=O) groups is 2. The number of benzene rings is 1. The molecular weight excluding hydrogens is 330 g/mol. The molecule has 2 rings (SSSR count). The van der Waals surface area contributed by atoms with E-state index in [0.29, 0.717) is 22.0 Å². The first-order valence-electron chi connectivity index (χ1n) is 7.67. The van der Waals surface area contributed by atoms with Crippen molar-refractivity contribution in [2.45, 2.75) is 39.7 Å². The first-order valence-corrected chi connectivity index (χ1v) is 8.05. The number of ether oxygens (including phenoxy) is 1. The number of carbonyl (C=O) groups excluding carboxylic acids is 1. The molecule has 1 aromatic rings. The van der Waals surface area contributed by atoms with E-state index >= 15 is 0 Å². The van der Waals surface area contributed by atoms with Gasteiger partial charge in [0.2, 0.25) is 0 Å². The Kier molecular flexibility index (Phi) is 5.44. The third kappa shape index (κ3) is 3.67. The Labute approximate surface area is 146 Å². The Bertz CT molecular complexity index is 736. The van der Waals surface area contributed by atoms with E-state index in [9.17, 15) is 14.7 Å². The van der Waals surface area contributed by atoms with E-state index in [1.807, 2.05) is 0 Å². The number of rotatable bonds is 4. The average Bonchev–Trinajstić information content (AvgIpc) is 2.44. The maximum absolute atomic E-state index is 12.6. The van der Waals surface area contributed by atoms with Gasteiger partial charge in [0.15, 0.2) is 0 Å². The van der Waals surface area contributed by atoms with Crippen molar-refractivity contribution < 1.29 is 19.4 Å². The molecular formula is C18H20ClNO4. The molecule has 6 heteroatoms. The molecule has 1 aliphatic heterocycles. The predicted octanol–water partition coefficient (Wildman–Crippen LogP) is 3.82. The Balaban J connectivity index is 2.63. The van der Waals surface area contributed by atoms with Crippen molar-refractivity contribution >= 4 is 29.3 Å². The zero-order valence-corrected chi connectivity index (χ0v) is 14.8. The molecule has 1 aromatic carbocycles. The van der Waals surface area contributed by atoms with Gasteiger partial charge in [-0.2, -0.15) is 0 Å². The lowest BCUT2D eigenvalue weighted by molar-refractivity contribution is -0.143. The highest BCUT2D eigenvalue weighted by atomic mass is 35.5. The van der Waals surface area contributed by atoms with Crippen LogP contribution in [0.5, 0.6) is 0 Å². The van der Waals surface area contributed by atoms with Crippen molar-refractivity contribution in [3.8, 4) is 0 Å². The summed E-state index contributed by atoms with van der Waals surface area (Å²) in [5.74, 6) is -3.22. The summed E-state index contributed by atoms with van der Waals surface area (Å²) in [5.41, 5.74) is 1.84. The fourth-order valence-corrected chi connectivity index (χ4v) is 3.16. The van der Waals surface area contributed by atoms with E-state index in [1.165, 1.54) is 0 Å². The molecule has 24 heavy (non-hydrogen) atoms. The molecule has 0 bridgehead atoms. The topological polar surface area (TPSA) is 76.0 Å². The van der Waals surface area contributed by atoms with Crippen LogP contribution in [-0.4, -0.2) is 28.9 Å². The molecule has 1 aliphatic rings. The number of hydrogen-bond acceptors (Lipinski definition) is 4. The zero-order chi connectivity index (χ0) is 18.0. The lowest BCUT2D eigenvalue weighted by Crippen LogP contribution is -2.35. The maximum Gasteiger partial charge on any atom is 0.336 e. The molecule has 0 aliphatic carbocycles. The highest BCUT2D eigenvalue weighted by molar-refractivity contribution is 6.30. The van der Waals surface area contributed by atoms with Crippen LogP contribution in [0.1, 0.15) is 39.2 Å². The number of allylic oxidation sites excluding steroid dienone is 1. The van der Waals surface area contributed by atoms with Crippen LogP contribution in [0.2, 0.25) is 5.02 Å². The quantitative estimate of drug-likeness (QED) is 0.838. The number of nitrogens with zero attached hydrogens (tertiary/aromatic N) is 1. The second kappa shape index (κ2) is 7.18. The number of carboxylic acid groups (broad SMARTS) is 1. The molecule has 1 N–H and O–H groups in total. The monoisotopic (exact) mass is 349 g/mol. The number of esters is 1. The first-order chi connectivity index (χ1) is 11.2. The molecule has 0 fully saturated rings. The van der Waals surface area contributed by atoms with Gasteiger partial charge in [0, 0.05) is 22.3 Å². The van der Waals surface area contributed by atoms with Crippen molar-refractivity contribution in [2.24, 2.45) is 10.9 Å². The van der Waals surface area contributed by atoms with Gasteiger partial charge in [0.05, 0.1) is 11.7 Å². The predicted molar refractivity (Wildman–Crippen MR) is 92.4 cm³/mol. The zero-order valence-electron chi connectivity index (χ0n) is 14.0. The second-order valence-electron chi connectivity index (χ2n) is 6.05. The molecule has 0 radical (unpaired) electrons. The molecule has 0 amide bonds. The minimum Gasteiger partial charge on any atom is -0.481 e. The molecule has 5 nitrogen and oxygen atoms in total. The van der Waals surface area contributed by atoms with E-state index in [1.54, 1.807) is 52.0 Å². The summed E-state index contributed by atoms with van der Waals surface area (Å²) in [5, 5.41) is 10.2. The van der Waals surface area contributed by atoms with E-state index < -0.39 is 23.8 Å². The first kappa shape index (κ1) is 18.2. The summed E-state index contributed by atoms with van der Waals surface area (Å²) in [6.45, 7) is 6.84. The maximum atomic E-state index is 12.6. The van der Waals surface area contributed by atoms with E-state index in [-0.39, 0.29) is 11.7 Å². The number of carboxylic acids is 1. The van der Waals surface area contributed by atoms with Gasteiger partial charge >= 0.3 is 11.9 Å². The van der Waals surface area contributed by atoms with Crippen LogP contribution in [0.3, 0.4) is 0 Å². The number of hydrogen-bond donors (Lipinski definition) is 1. The Morgan fingerprint density at radius 1 is 1.29 bits per heavy atom. The molecule has 1 heterocycles. The standard InChI is InChI=1S/C18H20ClNO4/c1-9(2)24-18(23)15-11(4)20-10(3)14(17(21)22)16(15)12-6-5-7-13(19)8-12/h5-9,14,16H,1-4H3,(H,21,22). The van der Waals surface area contributed by atoms with Gasteiger partial charge in [0.25, 0.3) is 0 Å². The molecule has 2 unspecified atom stereocenters. The molecule has 0 saturated heterocycles. The Hall–Kier alpha value is -2.14. The lowest BCUT2D eigenvalue weighted by atomic mass is 9.75. The van der Waals surface area contributed by atoms with E-state index in [4.69, 9.17) is 16.3 Å². The average molecular weight is 350 g/mol. The van der Waals surface area contributed by atoms with Crippen molar-refractivity contribution in [3.05, 3.63) is 46.1 Å². The summed E-state index contributed by atoms with van der Waals surface area (Å²) >= 11 is 6.07. The highest BCUT2D eigenvalue weighted by Gasteiger charge is 2.41.